The molecule has 2 rings (SSSR count). The molecule has 130 valence electrons. The second kappa shape index (κ2) is 9.60. The summed E-state index contributed by atoms with van der Waals surface area (Å²) < 4.78 is 10.4. The first-order valence-electron chi connectivity index (χ1n) is 7.57. The number of carbonyl (C=O) groups excluding carboxylic acids is 1. The Balaban J connectivity index is 0.00000264. The second-order valence-electron chi connectivity index (χ2n) is 5.48. The van der Waals surface area contributed by atoms with E-state index in [1.165, 1.54) is 6.42 Å². The average molecular weight is 344 g/mol. The summed E-state index contributed by atoms with van der Waals surface area (Å²) in [6.07, 6.45) is 2.28. The average Bonchev–Trinajstić information content (AvgIpc) is 2.55. The van der Waals surface area contributed by atoms with Gasteiger partial charge in [0.15, 0.2) is 0 Å². The number of ether oxygens (including phenoxy) is 2. The maximum atomic E-state index is 12.2. The number of nitrogens with zero attached hydrogens (tertiary/aromatic N) is 1. The first-order valence-corrected chi connectivity index (χ1v) is 7.57. The third-order valence-corrected chi connectivity index (χ3v) is 3.96. The summed E-state index contributed by atoms with van der Waals surface area (Å²) in [5.41, 5.74) is 0.662. The number of benzene rings is 1. The Morgan fingerprint density at radius 1 is 1.35 bits per heavy atom. The molecule has 1 amide bonds. The molecule has 0 bridgehead atoms. The van der Waals surface area contributed by atoms with Crippen LogP contribution in [0.5, 0.6) is 11.5 Å². The number of amides is 1. The number of likely N-dealkylation sites (tertiary alicyclic amines) is 1. The molecule has 0 saturated carbocycles. The van der Waals surface area contributed by atoms with Gasteiger partial charge in [0.25, 0.3) is 0 Å². The molecule has 0 aromatic heterocycles. The molecular formula is C16H26ClN3O3. The largest absolute Gasteiger partial charge is 0.497 e. The van der Waals surface area contributed by atoms with Crippen LogP contribution in [0.2, 0.25) is 0 Å². The van der Waals surface area contributed by atoms with Crippen molar-refractivity contribution < 1.29 is 14.3 Å². The van der Waals surface area contributed by atoms with Crippen molar-refractivity contribution in [3.8, 4) is 11.5 Å². The number of carbonyl (C=O) groups is 1. The van der Waals surface area contributed by atoms with Crippen molar-refractivity contribution >= 4 is 24.0 Å². The lowest BCUT2D eigenvalue weighted by Crippen LogP contribution is -2.46. The van der Waals surface area contributed by atoms with Crippen LogP contribution in [0.15, 0.2) is 18.2 Å². The standard InChI is InChI=1S/C16H25N3O3.ClH/c1-17-12-5-4-8-19(10-12)11-16(20)18-14-7-6-13(21-2)9-15(14)22-3;/h6-7,9,12,17H,4-5,8,10-11H2,1-3H3,(H,18,20);1H. The van der Waals surface area contributed by atoms with Crippen LogP contribution in [-0.2, 0) is 4.79 Å². The van der Waals surface area contributed by atoms with E-state index in [9.17, 15) is 4.79 Å². The molecule has 1 fully saturated rings. The molecule has 1 unspecified atom stereocenters. The van der Waals surface area contributed by atoms with Crippen LogP contribution in [-0.4, -0.2) is 57.8 Å². The number of nitrogens with one attached hydrogen (secondary N) is 2. The minimum Gasteiger partial charge on any atom is -0.497 e. The third kappa shape index (κ3) is 5.57. The molecule has 1 atom stereocenters. The SMILES string of the molecule is CNC1CCCN(CC(=O)Nc2ccc(OC)cc2OC)C1.Cl. The van der Waals surface area contributed by atoms with Crippen molar-refractivity contribution in [3.63, 3.8) is 0 Å². The van der Waals surface area contributed by atoms with Gasteiger partial charge in [-0.25, -0.2) is 0 Å². The maximum absolute atomic E-state index is 12.2. The van der Waals surface area contributed by atoms with Crippen molar-refractivity contribution in [1.29, 1.82) is 0 Å². The van der Waals surface area contributed by atoms with Crippen LogP contribution >= 0.6 is 12.4 Å². The van der Waals surface area contributed by atoms with Crippen molar-refractivity contribution in [1.82, 2.24) is 10.2 Å². The molecule has 1 heterocycles. The smallest absolute Gasteiger partial charge is 0.238 e. The summed E-state index contributed by atoms with van der Waals surface area (Å²) in [6, 6.07) is 5.82. The third-order valence-electron chi connectivity index (χ3n) is 3.96. The van der Waals surface area contributed by atoms with E-state index < -0.39 is 0 Å². The number of piperidine rings is 1. The molecular weight excluding hydrogens is 318 g/mol. The summed E-state index contributed by atoms with van der Waals surface area (Å²) in [6.45, 7) is 2.27. The summed E-state index contributed by atoms with van der Waals surface area (Å²) in [7, 11) is 5.14. The Kier molecular flexibility index (Phi) is 8.16. The minimum atomic E-state index is -0.0276. The van der Waals surface area contributed by atoms with E-state index in [2.05, 4.69) is 15.5 Å². The van der Waals surface area contributed by atoms with Gasteiger partial charge < -0.3 is 20.1 Å². The zero-order valence-corrected chi connectivity index (χ0v) is 14.7. The van der Waals surface area contributed by atoms with Gasteiger partial charge in [-0.05, 0) is 38.6 Å². The van der Waals surface area contributed by atoms with Gasteiger partial charge in [0.2, 0.25) is 5.91 Å². The Bertz CT molecular complexity index is 513. The number of halogens is 1. The normalized spacial score (nSPS) is 18.0. The van der Waals surface area contributed by atoms with Gasteiger partial charge in [-0.1, -0.05) is 0 Å². The number of hydrogen-bond donors (Lipinski definition) is 2. The molecule has 0 aliphatic carbocycles. The van der Waals surface area contributed by atoms with Crippen molar-refractivity contribution in [2.24, 2.45) is 0 Å². The van der Waals surface area contributed by atoms with Crippen LogP contribution in [0.1, 0.15) is 12.8 Å². The molecule has 1 aromatic carbocycles. The minimum absolute atomic E-state index is 0. The number of hydrogen-bond acceptors (Lipinski definition) is 5. The quantitative estimate of drug-likeness (QED) is 0.824. The van der Waals surface area contributed by atoms with E-state index in [-0.39, 0.29) is 18.3 Å². The Morgan fingerprint density at radius 3 is 2.78 bits per heavy atom. The predicted octanol–water partition coefficient (Wildman–Crippen LogP) is 1.75. The van der Waals surface area contributed by atoms with Crippen molar-refractivity contribution in [3.05, 3.63) is 18.2 Å². The zero-order chi connectivity index (χ0) is 15.9. The van der Waals surface area contributed by atoms with E-state index in [4.69, 9.17) is 9.47 Å². The van der Waals surface area contributed by atoms with Gasteiger partial charge in [-0.2, -0.15) is 0 Å². The highest BCUT2D eigenvalue weighted by Gasteiger charge is 2.20. The monoisotopic (exact) mass is 343 g/mol. The molecule has 1 aromatic rings. The number of likely N-dealkylation sites (N-methyl/N-ethyl adjacent to an activating group) is 1. The van der Waals surface area contributed by atoms with Crippen LogP contribution in [0.3, 0.4) is 0 Å². The fourth-order valence-corrected chi connectivity index (χ4v) is 2.73. The molecule has 23 heavy (non-hydrogen) atoms. The summed E-state index contributed by atoms with van der Waals surface area (Å²) in [5.74, 6) is 1.27. The predicted molar refractivity (Wildman–Crippen MR) is 93.9 cm³/mol. The fraction of sp³-hybridized carbons (Fsp3) is 0.562. The highest BCUT2D eigenvalue weighted by molar-refractivity contribution is 5.93. The Morgan fingerprint density at radius 2 is 2.13 bits per heavy atom. The number of rotatable bonds is 6. The molecule has 6 nitrogen and oxygen atoms in total. The molecule has 1 aliphatic rings. The first-order chi connectivity index (χ1) is 10.7. The van der Waals surface area contributed by atoms with Gasteiger partial charge >= 0.3 is 0 Å². The maximum Gasteiger partial charge on any atom is 0.238 e. The van der Waals surface area contributed by atoms with Gasteiger partial charge in [0.1, 0.15) is 11.5 Å². The van der Waals surface area contributed by atoms with E-state index in [1.807, 2.05) is 7.05 Å². The fourth-order valence-electron chi connectivity index (χ4n) is 2.73. The van der Waals surface area contributed by atoms with Gasteiger partial charge in [0, 0.05) is 18.7 Å². The van der Waals surface area contributed by atoms with Crippen LogP contribution < -0.4 is 20.1 Å². The summed E-state index contributed by atoms with van der Waals surface area (Å²) in [5, 5.41) is 6.19. The van der Waals surface area contributed by atoms with Gasteiger partial charge in [-0.3, -0.25) is 9.69 Å². The highest BCUT2D eigenvalue weighted by atomic mass is 35.5. The summed E-state index contributed by atoms with van der Waals surface area (Å²) in [4.78, 5) is 14.4. The van der Waals surface area contributed by atoms with Crippen LogP contribution in [0, 0.1) is 0 Å². The first kappa shape index (κ1) is 19.5. The molecule has 7 heteroatoms. The molecule has 1 saturated heterocycles. The van der Waals surface area contributed by atoms with Gasteiger partial charge in [-0.15, -0.1) is 12.4 Å². The summed E-state index contributed by atoms with van der Waals surface area (Å²) >= 11 is 0. The Labute approximate surface area is 143 Å². The van der Waals surface area contributed by atoms with E-state index in [1.54, 1.807) is 32.4 Å². The zero-order valence-electron chi connectivity index (χ0n) is 13.9. The van der Waals surface area contributed by atoms with Crippen molar-refractivity contribution in [2.45, 2.75) is 18.9 Å². The van der Waals surface area contributed by atoms with E-state index in [0.29, 0.717) is 29.8 Å². The Hall–Kier alpha value is -1.50. The molecule has 0 radical (unpaired) electrons. The van der Waals surface area contributed by atoms with Crippen LogP contribution in [0.4, 0.5) is 5.69 Å². The number of methoxy groups -OCH3 is 2. The second-order valence-corrected chi connectivity index (χ2v) is 5.48. The lowest BCUT2D eigenvalue weighted by Gasteiger charge is -2.31. The highest BCUT2D eigenvalue weighted by Crippen LogP contribution is 2.28. The van der Waals surface area contributed by atoms with Crippen LogP contribution in [0.25, 0.3) is 0 Å². The van der Waals surface area contributed by atoms with E-state index >= 15 is 0 Å². The van der Waals surface area contributed by atoms with Crippen molar-refractivity contribution in [2.75, 3.05) is 46.2 Å². The lowest BCUT2D eigenvalue weighted by atomic mass is 10.1. The number of anilines is 1. The molecule has 2 N–H and O–H groups in total. The van der Waals surface area contributed by atoms with Gasteiger partial charge in [0.05, 0.1) is 26.5 Å². The lowest BCUT2D eigenvalue weighted by molar-refractivity contribution is -0.117. The molecule has 0 spiro atoms. The van der Waals surface area contributed by atoms with E-state index in [0.717, 1.165) is 19.5 Å². The topological polar surface area (TPSA) is 62.8 Å². The molecule has 1 aliphatic heterocycles.